The van der Waals surface area contributed by atoms with E-state index in [4.69, 9.17) is 9.47 Å². The van der Waals surface area contributed by atoms with Crippen LogP contribution in [0.3, 0.4) is 0 Å². The largest absolute Gasteiger partial charge is 0.388 e. The minimum absolute atomic E-state index is 0.0440. The zero-order chi connectivity index (χ0) is 12.3. The van der Waals surface area contributed by atoms with Crippen molar-refractivity contribution in [1.82, 2.24) is 0 Å². The number of rotatable bonds is 3. The van der Waals surface area contributed by atoms with Gasteiger partial charge in [-0.2, -0.15) is 0 Å². The molecule has 0 aliphatic carbocycles. The van der Waals surface area contributed by atoms with Gasteiger partial charge in [-0.15, -0.1) is 0 Å². The smallest absolute Gasteiger partial charge is 0.186 e. The highest BCUT2D eigenvalue weighted by Crippen LogP contribution is 2.17. The van der Waals surface area contributed by atoms with Crippen molar-refractivity contribution in [1.29, 1.82) is 0 Å². The van der Waals surface area contributed by atoms with Gasteiger partial charge in [-0.1, -0.05) is 30.3 Å². The molecule has 1 aromatic rings. The third kappa shape index (κ3) is 3.02. The number of benzene rings is 1. The average molecular weight is 240 g/mol. The molecule has 1 aromatic carbocycles. The Morgan fingerprint density at radius 1 is 1.12 bits per heavy atom. The maximum absolute atomic E-state index is 9.63. The van der Waals surface area contributed by atoms with Crippen LogP contribution in [-0.4, -0.2) is 46.5 Å². The van der Waals surface area contributed by atoms with Crippen molar-refractivity contribution in [2.75, 3.05) is 6.61 Å². The summed E-state index contributed by atoms with van der Waals surface area (Å²) in [5.41, 5.74) is 0.948. The topological polar surface area (TPSA) is 79.2 Å². The fraction of sp³-hybridized carbons (Fsp3) is 0.500. The molecule has 5 nitrogen and oxygen atoms in total. The molecule has 1 heterocycles. The summed E-state index contributed by atoms with van der Waals surface area (Å²) in [6.45, 7) is 0.239. The van der Waals surface area contributed by atoms with Gasteiger partial charge in [0.25, 0.3) is 0 Å². The molecule has 0 aromatic heterocycles. The number of hydrogen-bond acceptors (Lipinski definition) is 5. The molecule has 0 spiro atoms. The lowest BCUT2D eigenvalue weighted by atomic mass is 10.1. The molecule has 17 heavy (non-hydrogen) atoms. The Bertz CT molecular complexity index is 342. The van der Waals surface area contributed by atoms with Crippen molar-refractivity contribution in [3.05, 3.63) is 35.9 Å². The quantitative estimate of drug-likeness (QED) is 0.672. The zero-order valence-corrected chi connectivity index (χ0v) is 9.27. The Hall–Kier alpha value is -0.980. The molecule has 0 amide bonds. The summed E-state index contributed by atoms with van der Waals surface area (Å²) in [7, 11) is 0. The van der Waals surface area contributed by atoms with Crippen LogP contribution in [0.15, 0.2) is 30.3 Å². The van der Waals surface area contributed by atoms with Crippen LogP contribution >= 0.6 is 0 Å². The van der Waals surface area contributed by atoms with Gasteiger partial charge in [-0.05, 0) is 5.56 Å². The number of aliphatic hydroxyl groups is 3. The van der Waals surface area contributed by atoms with Crippen LogP contribution in [0, 0.1) is 0 Å². The molecule has 5 heteroatoms. The van der Waals surface area contributed by atoms with E-state index in [9.17, 15) is 15.3 Å². The van der Waals surface area contributed by atoms with Crippen LogP contribution in [0.2, 0.25) is 0 Å². The van der Waals surface area contributed by atoms with E-state index < -0.39 is 24.6 Å². The lowest BCUT2D eigenvalue weighted by Crippen LogP contribution is -2.53. The van der Waals surface area contributed by atoms with Gasteiger partial charge < -0.3 is 24.8 Å². The first-order chi connectivity index (χ1) is 8.18. The SMILES string of the molecule is O[C@H]1[C@H](OCc2ccccc2)OC[C@@H](O)[C@H]1O. The summed E-state index contributed by atoms with van der Waals surface area (Å²) in [5.74, 6) is 0. The highest BCUT2D eigenvalue weighted by Gasteiger charge is 2.38. The van der Waals surface area contributed by atoms with Gasteiger partial charge in [0.15, 0.2) is 6.29 Å². The van der Waals surface area contributed by atoms with Gasteiger partial charge in [0, 0.05) is 0 Å². The van der Waals surface area contributed by atoms with E-state index in [1.54, 1.807) is 0 Å². The Morgan fingerprint density at radius 3 is 2.53 bits per heavy atom. The van der Waals surface area contributed by atoms with Crippen molar-refractivity contribution in [2.45, 2.75) is 31.2 Å². The van der Waals surface area contributed by atoms with Crippen molar-refractivity contribution < 1.29 is 24.8 Å². The molecule has 1 saturated heterocycles. The minimum Gasteiger partial charge on any atom is -0.388 e. The average Bonchev–Trinajstić information content (AvgIpc) is 2.36. The van der Waals surface area contributed by atoms with E-state index in [1.807, 2.05) is 30.3 Å². The molecular formula is C12H16O5. The summed E-state index contributed by atoms with van der Waals surface area (Å²) >= 11 is 0. The molecule has 4 atom stereocenters. The summed E-state index contributed by atoms with van der Waals surface area (Å²) in [5, 5.41) is 28.3. The third-order valence-electron chi connectivity index (χ3n) is 2.71. The lowest BCUT2D eigenvalue weighted by molar-refractivity contribution is -0.273. The van der Waals surface area contributed by atoms with Crippen molar-refractivity contribution in [2.24, 2.45) is 0 Å². The molecular weight excluding hydrogens is 224 g/mol. The Morgan fingerprint density at radius 2 is 1.82 bits per heavy atom. The monoisotopic (exact) mass is 240 g/mol. The molecule has 1 fully saturated rings. The van der Waals surface area contributed by atoms with Gasteiger partial charge in [0.1, 0.15) is 18.3 Å². The first-order valence-corrected chi connectivity index (χ1v) is 5.50. The van der Waals surface area contributed by atoms with Gasteiger partial charge in [0.2, 0.25) is 0 Å². The van der Waals surface area contributed by atoms with E-state index in [0.717, 1.165) is 5.56 Å². The first kappa shape index (κ1) is 12.5. The van der Waals surface area contributed by atoms with Gasteiger partial charge >= 0.3 is 0 Å². The van der Waals surface area contributed by atoms with E-state index in [2.05, 4.69) is 0 Å². The predicted octanol–water partition coefficient (Wildman–Crippen LogP) is -0.358. The molecule has 0 saturated carbocycles. The third-order valence-corrected chi connectivity index (χ3v) is 2.71. The number of ether oxygens (including phenoxy) is 2. The summed E-state index contributed by atoms with van der Waals surface area (Å²) in [4.78, 5) is 0. The number of aliphatic hydroxyl groups excluding tert-OH is 3. The second-order valence-electron chi connectivity index (χ2n) is 4.05. The highest BCUT2D eigenvalue weighted by atomic mass is 16.7. The van der Waals surface area contributed by atoms with Crippen LogP contribution in [-0.2, 0) is 16.1 Å². The van der Waals surface area contributed by atoms with Crippen LogP contribution < -0.4 is 0 Å². The molecule has 94 valence electrons. The van der Waals surface area contributed by atoms with Crippen molar-refractivity contribution in [3.8, 4) is 0 Å². The second-order valence-corrected chi connectivity index (χ2v) is 4.05. The van der Waals surface area contributed by atoms with E-state index in [0.29, 0.717) is 0 Å². The predicted molar refractivity (Wildman–Crippen MR) is 59.0 cm³/mol. The maximum Gasteiger partial charge on any atom is 0.186 e. The number of hydrogen-bond donors (Lipinski definition) is 3. The molecule has 1 aliphatic heterocycles. The first-order valence-electron chi connectivity index (χ1n) is 5.50. The van der Waals surface area contributed by atoms with Crippen molar-refractivity contribution >= 4 is 0 Å². The van der Waals surface area contributed by atoms with Crippen LogP contribution in [0.25, 0.3) is 0 Å². The molecule has 1 aliphatic rings. The Kier molecular flexibility index (Phi) is 4.09. The Balaban J connectivity index is 1.87. The van der Waals surface area contributed by atoms with Crippen LogP contribution in [0.4, 0.5) is 0 Å². The van der Waals surface area contributed by atoms with Gasteiger partial charge in [-0.3, -0.25) is 0 Å². The molecule has 0 bridgehead atoms. The van der Waals surface area contributed by atoms with E-state index in [-0.39, 0.29) is 13.2 Å². The standard InChI is InChI=1S/C12H16O5/c13-9-7-17-12(11(15)10(9)14)16-6-8-4-2-1-3-5-8/h1-5,9-15H,6-7H2/t9-,10-,11-,12-/m1/s1. The highest BCUT2D eigenvalue weighted by molar-refractivity contribution is 5.13. The van der Waals surface area contributed by atoms with E-state index >= 15 is 0 Å². The van der Waals surface area contributed by atoms with Gasteiger partial charge in [-0.25, -0.2) is 0 Å². The molecule has 0 radical (unpaired) electrons. The maximum atomic E-state index is 9.63. The van der Waals surface area contributed by atoms with Crippen LogP contribution in [0.1, 0.15) is 5.56 Å². The summed E-state index contributed by atoms with van der Waals surface area (Å²) in [6.07, 6.45) is -4.44. The second kappa shape index (κ2) is 5.57. The zero-order valence-electron chi connectivity index (χ0n) is 9.27. The summed E-state index contributed by atoms with van der Waals surface area (Å²) in [6, 6.07) is 9.45. The molecule has 3 N–H and O–H groups in total. The normalized spacial score (nSPS) is 33.6. The fourth-order valence-electron chi connectivity index (χ4n) is 1.68. The molecule has 2 rings (SSSR count). The van der Waals surface area contributed by atoms with Crippen LogP contribution in [0.5, 0.6) is 0 Å². The fourth-order valence-corrected chi connectivity index (χ4v) is 1.68. The van der Waals surface area contributed by atoms with E-state index in [1.165, 1.54) is 0 Å². The lowest BCUT2D eigenvalue weighted by Gasteiger charge is -2.34. The minimum atomic E-state index is -1.23. The van der Waals surface area contributed by atoms with Crippen molar-refractivity contribution in [3.63, 3.8) is 0 Å². The van der Waals surface area contributed by atoms with Gasteiger partial charge in [0.05, 0.1) is 13.2 Å². The molecule has 0 unspecified atom stereocenters. The summed E-state index contributed by atoms with van der Waals surface area (Å²) < 4.78 is 10.5. The Labute approximate surface area is 99.2 Å².